The minimum Gasteiger partial charge on any atom is -0.465 e. The van der Waals surface area contributed by atoms with E-state index in [1.54, 1.807) is 0 Å². The molecule has 6 nitrogen and oxygen atoms in total. The first kappa shape index (κ1) is 10.8. The molecule has 0 atom stereocenters. The van der Waals surface area contributed by atoms with Crippen molar-refractivity contribution in [1.29, 1.82) is 0 Å². The molecule has 0 unspecified atom stereocenters. The third kappa shape index (κ3) is 1.98. The molecular weight excluding hydrogens is 202 g/mol. The molecule has 0 aliphatic rings. The monoisotopic (exact) mass is 209 g/mol. The van der Waals surface area contributed by atoms with Crippen LogP contribution in [0.15, 0.2) is 18.2 Å². The van der Waals surface area contributed by atoms with Gasteiger partial charge in [-0.25, -0.2) is 4.79 Å². The van der Waals surface area contributed by atoms with Crippen LogP contribution in [0.5, 0.6) is 0 Å². The van der Waals surface area contributed by atoms with E-state index in [-0.39, 0.29) is 11.1 Å². The van der Waals surface area contributed by atoms with E-state index in [0.717, 1.165) is 13.2 Å². The van der Waals surface area contributed by atoms with Gasteiger partial charge >= 0.3 is 5.97 Å². The number of benzene rings is 1. The Labute approximate surface area is 84.6 Å². The molecule has 0 aromatic heterocycles. The summed E-state index contributed by atoms with van der Waals surface area (Å²) in [5, 5.41) is 10.6. The maximum atomic E-state index is 11.2. The van der Waals surface area contributed by atoms with Gasteiger partial charge in [-0.05, 0) is 0 Å². The number of carbonyl (C=O) groups is 2. The average Bonchev–Trinajstić information content (AvgIpc) is 2.26. The molecule has 1 rings (SSSR count). The van der Waals surface area contributed by atoms with E-state index in [0.29, 0.717) is 6.29 Å². The first-order valence-electron chi connectivity index (χ1n) is 3.92. The van der Waals surface area contributed by atoms with Crippen molar-refractivity contribution in [1.82, 2.24) is 0 Å². The normalized spacial score (nSPS) is 9.40. The highest BCUT2D eigenvalue weighted by molar-refractivity contribution is 6.01. The molecule has 0 N–H and O–H groups in total. The largest absolute Gasteiger partial charge is 0.465 e. The lowest BCUT2D eigenvalue weighted by atomic mass is 10.1. The van der Waals surface area contributed by atoms with Crippen LogP contribution in [0.3, 0.4) is 0 Å². The lowest BCUT2D eigenvalue weighted by Crippen LogP contribution is -2.09. The summed E-state index contributed by atoms with van der Waals surface area (Å²) in [5.41, 5.74) is -0.817. The van der Waals surface area contributed by atoms with Gasteiger partial charge in [-0.2, -0.15) is 0 Å². The van der Waals surface area contributed by atoms with Crippen LogP contribution >= 0.6 is 0 Å². The van der Waals surface area contributed by atoms with E-state index in [2.05, 4.69) is 4.74 Å². The highest BCUT2D eigenvalue weighted by Gasteiger charge is 2.24. The lowest BCUT2D eigenvalue weighted by Gasteiger charge is -2.02. The van der Waals surface area contributed by atoms with E-state index >= 15 is 0 Å². The second-order valence-electron chi connectivity index (χ2n) is 2.61. The minimum absolute atomic E-state index is 0.0592. The van der Waals surface area contributed by atoms with Crippen LogP contribution in [0.1, 0.15) is 20.7 Å². The van der Waals surface area contributed by atoms with Crippen LogP contribution in [0.25, 0.3) is 0 Å². The number of methoxy groups -OCH3 is 1. The van der Waals surface area contributed by atoms with Crippen LogP contribution in [0.4, 0.5) is 5.69 Å². The molecule has 78 valence electrons. The maximum absolute atomic E-state index is 11.2. The molecule has 0 radical (unpaired) electrons. The Bertz CT molecular complexity index is 427. The summed E-state index contributed by atoms with van der Waals surface area (Å²) in [6.45, 7) is 0. The fourth-order valence-corrected chi connectivity index (χ4v) is 1.13. The van der Waals surface area contributed by atoms with Crippen LogP contribution < -0.4 is 0 Å². The summed E-state index contributed by atoms with van der Waals surface area (Å²) >= 11 is 0. The Kier molecular flexibility index (Phi) is 3.12. The Morgan fingerprint density at radius 2 is 2.20 bits per heavy atom. The third-order valence-corrected chi connectivity index (χ3v) is 1.79. The molecule has 0 aliphatic heterocycles. The minimum atomic E-state index is -0.899. The number of nitro benzene ring substituents is 1. The SMILES string of the molecule is COC(=O)c1c(C=O)cccc1[N+](=O)[O-]. The second kappa shape index (κ2) is 4.32. The van der Waals surface area contributed by atoms with Gasteiger partial charge in [0.25, 0.3) is 5.69 Å². The summed E-state index contributed by atoms with van der Waals surface area (Å²) in [7, 11) is 1.09. The van der Waals surface area contributed by atoms with Crippen LogP contribution in [-0.2, 0) is 4.74 Å². The van der Waals surface area contributed by atoms with Crippen molar-refractivity contribution in [2.45, 2.75) is 0 Å². The number of esters is 1. The second-order valence-corrected chi connectivity index (χ2v) is 2.61. The van der Waals surface area contributed by atoms with Gasteiger partial charge in [-0.15, -0.1) is 0 Å². The fourth-order valence-electron chi connectivity index (χ4n) is 1.13. The molecule has 0 bridgehead atoms. The summed E-state index contributed by atoms with van der Waals surface area (Å²) in [6.07, 6.45) is 0.374. The summed E-state index contributed by atoms with van der Waals surface area (Å²) in [5.74, 6) is -0.899. The number of hydrogen-bond donors (Lipinski definition) is 0. The van der Waals surface area contributed by atoms with Crippen molar-refractivity contribution < 1.29 is 19.2 Å². The van der Waals surface area contributed by atoms with E-state index < -0.39 is 16.6 Å². The van der Waals surface area contributed by atoms with Gasteiger partial charge in [0.1, 0.15) is 5.56 Å². The number of nitrogens with zero attached hydrogens (tertiary/aromatic N) is 1. The van der Waals surface area contributed by atoms with Crippen molar-refractivity contribution >= 4 is 17.9 Å². The van der Waals surface area contributed by atoms with E-state index in [9.17, 15) is 19.7 Å². The zero-order chi connectivity index (χ0) is 11.4. The van der Waals surface area contributed by atoms with Crippen LogP contribution in [0, 0.1) is 10.1 Å². The average molecular weight is 209 g/mol. The zero-order valence-corrected chi connectivity index (χ0v) is 7.80. The first-order chi connectivity index (χ1) is 7.11. The Morgan fingerprint density at radius 3 is 2.67 bits per heavy atom. The van der Waals surface area contributed by atoms with Gasteiger partial charge in [-0.3, -0.25) is 14.9 Å². The van der Waals surface area contributed by atoms with Gasteiger partial charge in [0.15, 0.2) is 6.29 Å². The summed E-state index contributed by atoms with van der Waals surface area (Å²) in [6, 6.07) is 3.78. The van der Waals surface area contributed by atoms with Gasteiger partial charge in [-0.1, -0.05) is 12.1 Å². The number of nitro groups is 1. The molecule has 0 saturated heterocycles. The Morgan fingerprint density at radius 1 is 1.53 bits per heavy atom. The standard InChI is InChI=1S/C9H7NO5/c1-15-9(12)8-6(5-11)3-2-4-7(8)10(13)14/h2-5H,1H3. The molecule has 0 heterocycles. The van der Waals surface area contributed by atoms with Crippen molar-refractivity contribution in [3.63, 3.8) is 0 Å². The van der Waals surface area contributed by atoms with E-state index in [1.807, 2.05) is 0 Å². The van der Waals surface area contributed by atoms with Crippen LogP contribution in [-0.4, -0.2) is 24.3 Å². The third-order valence-electron chi connectivity index (χ3n) is 1.79. The van der Waals surface area contributed by atoms with Gasteiger partial charge in [0, 0.05) is 11.6 Å². The molecule has 0 spiro atoms. The smallest absolute Gasteiger partial charge is 0.345 e. The number of rotatable bonds is 3. The molecule has 0 aliphatic carbocycles. The van der Waals surface area contributed by atoms with Crippen molar-refractivity contribution in [3.05, 3.63) is 39.4 Å². The molecule has 0 fully saturated rings. The highest BCUT2D eigenvalue weighted by Crippen LogP contribution is 2.21. The number of ether oxygens (including phenoxy) is 1. The highest BCUT2D eigenvalue weighted by atomic mass is 16.6. The number of carbonyl (C=O) groups excluding carboxylic acids is 2. The predicted octanol–water partition coefficient (Wildman–Crippen LogP) is 1.19. The van der Waals surface area contributed by atoms with Crippen molar-refractivity contribution in [2.75, 3.05) is 7.11 Å². The molecule has 1 aromatic carbocycles. The molecule has 0 amide bonds. The molecule has 15 heavy (non-hydrogen) atoms. The number of hydrogen-bond acceptors (Lipinski definition) is 5. The molecule has 1 aromatic rings. The van der Waals surface area contributed by atoms with E-state index in [4.69, 9.17) is 0 Å². The van der Waals surface area contributed by atoms with Crippen molar-refractivity contribution in [2.24, 2.45) is 0 Å². The number of aldehydes is 1. The van der Waals surface area contributed by atoms with Gasteiger partial charge in [0.05, 0.1) is 12.0 Å². The molecular formula is C9H7NO5. The fraction of sp³-hybridized carbons (Fsp3) is 0.111. The van der Waals surface area contributed by atoms with Crippen LogP contribution in [0.2, 0.25) is 0 Å². The Balaban J connectivity index is 3.46. The summed E-state index contributed by atoms with van der Waals surface area (Å²) in [4.78, 5) is 31.7. The lowest BCUT2D eigenvalue weighted by molar-refractivity contribution is -0.385. The Hall–Kier alpha value is -2.24. The van der Waals surface area contributed by atoms with Gasteiger partial charge < -0.3 is 4.74 Å². The maximum Gasteiger partial charge on any atom is 0.345 e. The summed E-state index contributed by atoms with van der Waals surface area (Å²) < 4.78 is 4.37. The zero-order valence-electron chi connectivity index (χ0n) is 7.80. The quantitative estimate of drug-likeness (QED) is 0.323. The molecule has 0 saturated carbocycles. The van der Waals surface area contributed by atoms with E-state index in [1.165, 1.54) is 12.1 Å². The topological polar surface area (TPSA) is 86.5 Å². The first-order valence-corrected chi connectivity index (χ1v) is 3.92. The van der Waals surface area contributed by atoms with Crippen molar-refractivity contribution in [3.8, 4) is 0 Å². The molecule has 6 heteroatoms. The predicted molar refractivity (Wildman–Crippen MR) is 49.8 cm³/mol. The van der Waals surface area contributed by atoms with Gasteiger partial charge in [0.2, 0.25) is 0 Å².